The number of nitrogens with one attached hydrogen (secondary N) is 1. The van der Waals surface area contributed by atoms with Crippen LogP contribution in [0.4, 0.5) is 0 Å². The Morgan fingerprint density at radius 2 is 2.08 bits per heavy atom. The first-order valence-electron chi connectivity index (χ1n) is 4.97. The van der Waals surface area contributed by atoms with Gasteiger partial charge in [-0.2, -0.15) is 0 Å². The summed E-state index contributed by atoms with van der Waals surface area (Å²) in [6.07, 6.45) is 4.48. The van der Waals surface area contributed by atoms with Gasteiger partial charge in [0.1, 0.15) is 0 Å². The van der Waals surface area contributed by atoms with E-state index in [-0.39, 0.29) is 11.6 Å². The first-order chi connectivity index (χ1) is 5.99. The van der Waals surface area contributed by atoms with Gasteiger partial charge < -0.3 is 5.32 Å². The quantitative estimate of drug-likeness (QED) is 0.719. The summed E-state index contributed by atoms with van der Waals surface area (Å²) in [5.41, 5.74) is 0.241. The van der Waals surface area contributed by atoms with E-state index < -0.39 is 9.84 Å². The minimum Gasteiger partial charge on any atom is -0.308 e. The number of hydrogen-bond donors (Lipinski definition) is 1. The summed E-state index contributed by atoms with van der Waals surface area (Å²) in [7, 11) is -2.71. The third kappa shape index (κ3) is 2.05. The van der Waals surface area contributed by atoms with E-state index in [1.54, 1.807) is 0 Å². The molecule has 76 valence electrons. The number of hydrogen-bond acceptors (Lipinski definition) is 3. The van der Waals surface area contributed by atoms with E-state index in [1.165, 1.54) is 19.3 Å². The molecule has 13 heavy (non-hydrogen) atoms. The maximum Gasteiger partial charge on any atom is 0.151 e. The van der Waals surface area contributed by atoms with Crippen molar-refractivity contribution in [3.8, 4) is 0 Å². The van der Waals surface area contributed by atoms with Crippen LogP contribution in [0.3, 0.4) is 0 Å². The highest BCUT2D eigenvalue weighted by Crippen LogP contribution is 2.32. The van der Waals surface area contributed by atoms with E-state index in [4.69, 9.17) is 0 Å². The molecule has 3 nitrogen and oxygen atoms in total. The molecule has 0 amide bonds. The zero-order valence-electron chi connectivity index (χ0n) is 8.04. The van der Waals surface area contributed by atoms with Crippen LogP contribution < -0.4 is 5.32 Å². The largest absolute Gasteiger partial charge is 0.308 e. The first-order valence-corrected chi connectivity index (χ1v) is 6.79. The molecule has 4 heteroatoms. The molecule has 0 aromatic carbocycles. The van der Waals surface area contributed by atoms with E-state index in [9.17, 15) is 8.42 Å². The summed E-state index contributed by atoms with van der Waals surface area (Å²) in [4.78, 5) is 0. The number of rotatable bonds is 2. The Balaban J connectivity index is 1.90. The van der Waals surface area contributed by atoms with Gasteiger partial charge in [0.25, 0.3) is 0 Å². The lowest BCUT2D eigenvalue weighted by molar-refractivity contribution is 0.190. The van der Waals surface area contributed by atoms with Gasteiger partial charge in [0.2, 0.25) is 0 Å². The van der Waals surface area contributed by atoms with Crippen molar-refractivity contribution in [1.29, 1.82) is 0 Å². The summed E-state index contributed by atoms with van der Waals surface area (Å²) in [6.45, 7) is 2.20. The van der Waals surface area contributed by atoms with Crippen LogP contribution >= 0.6 is 0 Å². The second-order valence-electron chi connectivity index (χ2n) is 4.66. The topological polar surface area (TPSA) is 46.2 Å². The Hall–Kier alpha value is -0.0900. The molecule has 2 aliphatic rings. The fourth-order valence-electron chi connectivity index (χ4n) is 2.25. The van der Waals surface area contributed by atoms with Crippen LogP contribution in [0.15, 0.2) is 0 Å². The minimum absolute atomic E-state index is 0.218. The predicted molar refractivity (Wildman–Crippen MR) is 52.5 cm³/mol. The molecular weight excluding hydrogens is 186 g/mol. The van der Waals surface area contributed by atoms with Crippen molar-refractivity contribution < 1.29 is 8.42 Å². The third-order valence-electron chi connectivity index (χ3n) is 3.24. The Kier molecular flexibility index (Phi) is 2.15. The van der Waals surface area contributed by atoms with Crippen molar-refractivity contribution in [2.75, 3.05) is 11.5 Å². The molecule has 0 spiro atoms. The summed E-state index contributed by atoms with van der Waals surface area (Å²) in [6, 6.07) is 0.218. The molecule has 1 N–H and O–H groups in total. The van der Waals surface area contributed by atoms with Crippen LogP contribution in [0.5, 0.6) is 0 Å². The van der Waals surface area contributed by atoms with Crippen LogP contribution in [-0.4, -0.2) is 31.5 Å². The lowest BCUT2D eigenvalue weighted by Gasteiger charge is -2.41. The van der Waals surface area contributed by atoms with Crippen LogP contribution in [0.2, 0.25) is 0 Å². The van der Waals surface area contributed by atoms with E-state index in [1.807, 2.05) is 0 Å². The zero-order chi connectivity index (χ0) is 9.53. The molecule has 0 aromatic rings. The molecule has 1 heterocycles. The van der Waals surface area contributed by atoms with E-state index in [0.717, 1.165) is 6.42 Å². The Labute approximate surface area is 79.8 Å². The van der Waals surface area contributed by atoms with E-state index >= 15 is 0 Å². The minimum atomic E-state index is -2.71. The average molecular weight is 203 g/mol. The fourth-order valence-corrected chi connectivity index (χ4v) is 3.93. The first kappa shape index (κ1) is 9.46. The second-order valence-corrected chi connectivity index (χ2v) is 6.89. The van der Waals surface area contributed by atoms with Gasteiger partial charge in [-0.15, -0.1) is 0 Å². The van der Waals surface area contributed by atoms with Crippen LogP contribution in [-0.2, 0) is 9.84 Å². The van der Waals surface area contributed by atoms with Gasteiger partial charge in [0.05, 0.1) is 11.5 Å². The van der Waals surface area contributed by atoms with Crippen molar-refractivity contribution >= 4 is 9.84 Å². The molecule has 2 rings (SSSR count). The second kappa shape index (κ2) is 2.95. The lowest BCUT2D eigenvalue weighted by atomic mass is 9.78. The molecule has 1 saturated carbocycles. The summed E-state index contributed by atoms with van der Waals surface area (Å²) >= 11 is 0. The van der Waals surface area contributed by atoms with E-state index in [0.29, 0.717) is 11.5 Å². The zero-order valence-corrected chi connectivity index (χ0v) is 8.86. The molecule has 1 saturated heterocycles. The molecule has 1 aliphatic carbocycles. The maximum absolute atomic E-state index is 11.2. The Morgan fingerprint density at radius 1 is 1.38 bits per heavy atom. The fraction of sp³-hybridized carbons (Fsp3) is 1.00. The standard InChI is InChI=1S/C9H17NO2S/c1-9(4-2-5-9)10-8-3-6-13(11,12)7-8/h8,10H,2-7H2,1H3. The van der Waals surface area contributed by atoms with Crippen LogP contribution in [0.25, 0.3) is 0 Å². The summed E-state index contributed by atoms with van der Waals surface area (Å²) in [5.74, 6) is 0.726. The molecular formula is C9H17NO2S. The highest BCUT2D eigenvalue weighted by Gasteiger charge is 2.37. The van der Waals surface area contributed by atoms with Crippen molar-refractivity contribution in [3.05, 3.63) is 0 Å². The smallest absolute Gasteiger partial charge is 0.151 e. The van der Waals surface area contributed by atoms with Gasteiger partial charge in [-0.3, -0.25) is 0 Å². The van der Waals surface area contributed by atoms with Gasteiger partial charge >= 0.3 is 0 Å². The maximum atomic E-state index is 11.2. The Morgan fingerprint density at radius 3 is 2.46 bits per heavy atom. The summed E-state index contributed by atoms with van der Waals surface area (Å²) < 4.78 is 22.4. The molecule has 2 fully saturated rings. The molecule has 1 atom stereocenters. The van der Waals surface area contributed by atoms with Crippen molar-refractivity contribution in [2.24, 2.45) is 0 Å². The average Bonchev–Trinajstić information content (AvgIpc) is 2.27. The third-order valence-corrected chi connectivity index (χ3v) is 5.01. The van der Waals surface area contributed by atoms with Crippen molar-refractivity contribution in [2.45, 2.75) is 44.2 Å². The molecule has 0 aromatic heterocycles. The van der Waals surface area contributed by atoms with Gasteiger partial charge in [0, 0.05) is 11.6 Å². The molecule has 1 aliphatic heterocycles. The monoisotopic (exact) mass is 203 g/mol. The van der Waals surface area contributed by atoms with Crippen LogP contribution in [0.1, 0.15) is 32.6 Å². The Bertz CT molecular complexity index is 293. The predicted octanol–water partition coefficient (Wildman–Crippen LogP) is 0.706. The van der Waals surface area contributed by atoms with E-state index in [2.05, 4.69) is 12.2 Å². The normalized spacial score (nSPS) is 35.6. The van der Waals surface area contributed by atoms with Gasteiger partial charge in [0.15, 0.2) is 9.84 Å². The van der Waals surface area contributed by atoms with Crippen LogP contribution in [0, 0.1) is 0 Å². The van der Waals surface area contributed by atoms with Crippen molar-refractivity contribution in [1.82, 2.24) is 5.32 Å². The molecule has 0 radical (unpaired) electrons. The lowest BCUT2D eigenvalue weighted by Crippen LogP contribution is -2.53. The highest BCUT2D eigenvalue weighted by molar-refractivity contribution is 7.91. The summed E-state index contributed by atoms with van der Waals surface area (Å²) in [5, 5.41) is 3.47. The number of sulfone groups is 1. The van der Waals surface area contributed by atoms with Gasteiger partial charge in [-0.05, 0) is 32.6 Å². The molecule has 1 unspecified atom stereocenters. The highest BCUT2D eigenvalue weighted by atomic mass is 32.2. The van der Waals surface area contributed by atoms with Gasteiger partial charge in [-0.1, -0.05) is 0 Å². The molecule has 0 bridgehead atoms. The van der Waals surface area contributed by atoms with Crippen molar-refractivity contribution in [3.63, 3.8) is 0 Å². The SMILES string of the molecule is CC1(NC2CCS(=O)(=O)C2)CCC1. The van der Waals surface area contributed by atoms with Gasteiger partial charge in [-0.25, -0.2) is 8.42 Å².